The molecule has 0 spiro atoms. The summed E-state index contributed by atoms with van der Waals surface area (Å²) in [6.07, 6.45) is 14.0. The monoisotopic (exact) mass is 758 g/mol. The van der Waals surface area contributed by atoms with Gasteiger partial charge in [-0.2, -0.15) is 10.5 Å². The van der Waals surface area contributed by atoms with Gasteiger partial charge in [-0.25, -0.2) is 0 Å². The van der Waals surface area contributed by atoms with Gasteiger partial charge in [0.15, 0.2) is 5.78 Å². The highest BCUT2D eigenvalue weighted by atomic mass is 16.1. The van der Waals surface area contributed by atoms with E-state index in [2.05, 4.69) is 104 Å². The molecule has 57 heavy (non-hydrogen) atoms. The molecule has 296 valence electrons. The first kappa shape index (κ1) is 39.5. The van der Waals surface area contributed by atoms with Crippen molar-refractivity contribution in [3.63, 3.8) is 0 Å². The van der Waals surface area contributed by atoms with Crippen molar-refractivity contribution in [3.8, 4) is 12.1 Å². The van der Waals surface area contributed by atoms with Gasteiger partial charge >= 0.3 is 0 Å². The van der Waals surface area contributed by atoms with Crippen molar-refractivity contribution in [2.45, 2.75) is 122 Å². The van der Waals surface area contributed by atoms with Gasteiger partial charge < -0.3 is 0 Å². The highest BCUT2D eigenvalue weighted by Gasteiger charge is 2.38. The average molecular weight is 759 g/mol. The summed E-state index contributed by atoms with van der Waals surface area (Å²) >= 11 is 0. The number of Topliss-reactive ketones (excluding diaryl/α,β-unsaturated/α-hetero) is 1. The molecule has 0 aromatic heterocycles. The number of hydrogen-bond acceptors (Lipinski definition) is 5. The third-order valence-corrected chi connectivity index (χ3v) is 14.6. The number of carbonyl (C=O) groups is 1. The molecule has 4 fully saturated rings. The lowest BCUT2D eigenvalue weighted by molar-refractivity contribution is 0.0365. The van der Waals surface area contributed by atoms with Crippen LogP contribution in [0.3, 0.4) is 0 Å². The highest BCUT2D eigenvalue weighted by Crippen LogP contribution is 2.39. The van der Waals surface area contributed by atoms with E-state index in [1.165, 1.54) is 80.0 Å². The quantitative estimate of drug-likeness (QED) is 0.127. The Labute approximate surface area is 341 Å². The molecule has 4 unspecified atom stereocenters. The summed E-state index contributed by atoms with van der Waals surface area (Å²) in [7, 11) is 0. The Bertz CT molecular complexity index is 2210. The number of carbonyl (C=O) groups excluding carboxylic acids is 1. The minimum Gasteiger partial charge on any atom is -0.300 e. The normalized spacial score (nSPS) is 22.8. The zero-order valence-corrected chi connectivity index (χ0v) is 34.7. The molecule has 5 nitrogen and oxygen atoms in total. The minimum absolute atomic E-state index is 0.0346. The van der Waals surface area contributed by atoms with E-state index in [-0.39, 0.29) is 17.6 Å². The summed E-state index contributed by atoms with van der Waals surface area (Å²) < 4.78 is 0. The number of fused-ring (bicyclic) bond motifs is 2. The van der Waals surface area contributed by atoms with E-state index in [1.807, 2.05) is 6.07 Å². The number of nitriles is 2. The van der Waals surface area contributed by atoms with Gasteiger partial charge in [0.2, 0.25) is 0 Å². The van der Waals surface area contributed by atoms with Gasteiger partial charge in [0, 0.05) is 36.7 Å². The van der Waals surface area contributed by atoms with Crippen LogP contribution in [0.4, 0.5) is 0 Å². The van der Waals surface area contributed by atoms with Gasteiger partial charge in [-0.05, 0) is 162 Å². The largest absolute Gasteiger partial charge is 0.300 e. The van der Waals surface area contributed by atoms with Crippen molar-refractivity contribution in [2.24, 2.45) is 23.7 Å². The van der Waals surface area contributed by atoms with Crippen LogP contribution in [-0.2, 0) is 19.3 Å². The van der Waals surface area contributed by atoms with Gasteiger partial charge in [-0.1, -0.05) is 88.7 Å². The fraction of sp³-hybridized carbons (Fsp3) is 0.519. The van der Waals surface area contributed by atoms with Crippen LogP contribution in [0.15, 0.2) is 67.2 Å². The second-order valence-electron chi connectivity index (χ2n) is 18.7. The van der Waals surface area contributed by atoms with Crippen molar-refractivity contribution in [3.05, 3.63) is 101 Å². The summed E-state index contributed by atoms with van der Waals surface area (Å²) in [5.74, 6) is 1.96. The molecular weight excluding hydrogens is 697 g/mol. The number of piperidine rings is 2. The zero-order chi connectivity index (χ0) is 39.6. The maximum absolute atomic E-state index is 14.3. The van der Waals surface area contributed by atoms with E-state index in [4.69, 9.17) is 0 Å². The average Bonchev–Trinajstić information content (AvgIpc) is 3.17. The van der Waals surface area contributed by atoms with E-state index in [0.717, 1.165) is 83.4 Å². The van der Waals surface area contributed by atoms with Crippen LogP contribution in [0.25, 0.3) is 27.1 Å². The second-order valence-corrected chi connectivity index (χ2v) is 18.7. The van der Waals surface area contributed by atoms with Crippen molar-refractivity contribution in [1.82, 2.24) is 9.80 Å². The van der Waals surface area contributed by atoms with E-state index < -0.39 is 0 Å². The molecule has 0 N–H and O–H groups in total. The lowest BCUT2D eigenvalue weighted by Crippen LogP contribution is -2.50. The molecule has 2 heterocycles. The molecule has 0 bridgehead atoms. The molecule has 4 aromatic rings. The maximum Gasteiger partial charge on any atom is 0.167 e. The molecule has 4 atom stereocenters. The van der Waals surface area contributed by atoms with Crippen LogP contribution in [0.1, 0.15) is 129 Å². The molecule has 4 aromatic carbocycles. The SMILES string of the molecule is C=C(c1ccc2c(CC#N)c(C(C)Cc3ccc4cc(C(=O)C5CN(C6CCC6)CCC5CC(C)C)ccc4c3CC#N)ccc2c1)C1CCCN(C2CCC2)C1. The van der Waals surface area contributed by atoms with Crippen LogP contribution in [0.5, 0.6) is 0 Å². The number of likely N-dealkylation sites (tertiary alicyclic amines) is 2. The number of hydrogen-bond donors (Lipinski definition) is 0. The van der Waals surface area contributed by atoms with Crippen molar-refractivity contribution in [2.75, 3.05) is 26.2 Å². The topological polar surface area (TPSA) is 71.1 Å². The lowest BCUT2D eigenvalue weighted by Gasteiger charge is -2.45. The first-order chi connectivity index (χ1) is 27.7. The molecule has 0 radical (unpaired) electrons. The van der Waals surface area contributed by atoms with Crippen LogP contribution in [-0.4, -0.2) is 53.8 Å². The Kier molecular flexibility index (Phi) is 12.0. The Balaban J connectivity index is 1.03. The summed E-state index contributed by atoms with van der Waals surface area (Å²) in [6.45, 7) is 15.8. The van der Waals surface area contributed by atoms with Gasteiger partial charge in [-0.15, -0.1) is 0 Å². The highest BCUT2D eigenvalue weighted by molar-refractivity contribution is 6.02. The van der Waals surface area contributed by atoms with E-state index >= 15 is 0 Å². The third-order valence-electron chi connectivity index (χ3n) is 14.6. The summed E-state index contributed by atoms with van der Waals surface area (Å²) in [4.78, 5) is 19.6. The van der Waals surface area contributed by atoms with Crippen molar-refractivity contribution >= 4 is 32.9 Å². The summed E-state index contributed by atoms with van der Waals surface area (Å²) in [5, 5.41) is 24.5. The van der Waals surface area contributed by atoms with Crippen LogP contribution < -0.4 is 0 Å². The Morgan fingerprint density at radius 1 is 0.737 bits per heavy atom. The minimum atomic E-state index is 0.0346. The lowest BCUT2D eigenvalue weighted by atomic mass is 9.75. The predicted molar refractivity (Wildman–Crippen MR) is 234 cm³/mol. The molecule has 2 aliphatic carbocycles. The predicted octanol–water partition coefficient (Wildman–Crippen LogP) is 11.5. The molecule has 2 saturated heterocycles. The first-order valence-corrected chi connectivity index (χ1v) is 22.3. The van der Waals surface area contributed by atoms with Gasteiger partial charge in [0.25, 0.3) is 0 Å². The molecule has 2 aliphatic heterocycles. The summed E-state index contributed by atoms with van der Waals surface area (Å²) in [6, 6.07) is 28.2. The zero-order valence-electron chi connectivity index (χ0n) is 34.7. The molecular formula is C52H62N4O. The smallest absolute Gasteiger partial charge is 0.167 e. The number of rotatable bonds is 13. The number of ketones is 1. The molecule has 4 aliphatic rings. The number of benzene rings is 4. The van der Waals surface area contributed by atoms with Gasteiger partial charge in [0.05, 0.1) is 25.0 Å². The first-order valence-electron chi connectivity index (χ1n) is 22.3. The molecule has 8 rings (SSSR count). The van der Waals surface area contributed by atoms with E-state index in [1.54, 1.807) is 0 Å². The van der Waals surface area contributed by atoms with E-state index in [9.17, 15) is 15.3 Å². The second kappa shape index (κ2) is 17.3. The van der Waals surface area contributed by atoms with E-state index in [0.29, 0.717) is 36.6 Å². The van der Waals surface area contributed by atoms with Gasteiger partial charge in [0.1, 0.15) is 0 Å². The van der Waals surface area contributed by atoms with Crippen LogP contribution in [0, 0.1) is 46.3 Å². The molecule has 5 heteroatoms. The van der Waals surface area contributed by atoms with Crippen LogP contribution in [0.2, 0.25) is 0 Å². The fourth-order valence-electron chi connectivity index (χ4n) is 11.0. The standard InChI is InChI=1S/C52H62N4O/c1-34(2)28-41-23-27-56(45-11-6-12-45)33-51(41)52(57)42-17-20-47-39(31-42)14-13-38(49(47)21-24-53)29-35(3)46-18-16-40-30-37(15-19-48(40)50(46)22-25-54)36(4)43-8-7-26-55(32-43)44-9-5-10-44/h13-20,30-31,34-35,41,43-45,51H,4-12,21-23,26-29,32-33H2,1-3H3. The molecule has 0 amide bonds. The van der Waals surface area contributed by atoms with Crippen molar-refractivity contribution < 1.29 is 4.79 Å². The van der Waals surface area contributed by atoms with Crippen molar-refractivity contribution in [1.29, 1.82) is 10.5 Å². The molecule has 2 saturated carbocycles. The Morgan fingerprint density at radius 2 is 1.37 bits per heavy atom. The van der Waals surface area contributed by atoms with Crippen LogP contribution >= 0.6 is 0 Å². The summed E-state index contributed by atoms with van der Waals surface area (Å²) in [5.41, 5.74) is 7.79. The Morgan fingerprint density at radius 3 is 2.04 bits per heavy atom. The Hall–Kier alpha value is -4.29. The van der Waals surface area contributed by atoms with Gasteiger partial charge in [-0.3, -0.25) is 14.6 Å². The third kappa shape index (κ3) is 8.22. The maximum atomic E-state index is 14.3. The number of nitrogens with zero attached hydrogens (tertiary/aromatic N) is 4. The fourth-order valence-corrected chi connectivity index (χ4v) is 11.0.